The molecule has 6 nitrogen and oxygen atoms in total. The van der Waals surface area contributed by atoms with Crippen LogP contribution in [0, 0.1) is 0 Å². The normalized spacial score (nSPS) is 12.9. The van der Waals surface area contributed by atoms with Gasteiger partial charge in [-0.2, -0.15) is 0 Å². The van der Waals surface area contributed by atoms with Gasteiger partial charge < -0.3 is 4.74 Å². The molecule has 0 saturated heterocycles. The van der Waals surface area contributed by atoms with Gasteiger partial charge in [-0.15, -0.1) is 0 Å². The number of carbonyl (C=O) groups is 3. The maximum atomic E-state index is 12.6. The highest BCUT2D eigenvalue weighted by Gasteiger charge is 2.36. The average Bonchev–Trinajstić information content (AvgIpc) is 2.91. The van der Waals surface area contributed by atoms with Crippen LogP contribution in [0.5, 0.6) is 5.75 Å². The predicted octanol–water partition coefficient (Wildman–Crippen LogP) is 3.08. The second kappa shape index (κ2) is 7.39. The smallest absolute Gasteiger partial charge is 0.263 e. The summed E-state index contributed by atoms with van der Waals surface area (Å²) in [6, 6.07) is 13.7. The molecule has 3 rings (SSSR count). The van der Waals surface area contributed by atoms with Gasteiger partial charge in [0.25, 0.3) is 11.8 Å². The monoisotopic (exact) mass is 352 g/mol. The van der Waals surface area contributed by atoms with Gasteiger partial charge in [0.05, 0.1) is 17.7 Å². The highest BCUT2D eigenvalue weighted by Crippen LogP contribution is 2.25. The quantitative estimate of drug-likeness (QED) is 0.750. The number of hydrogen-bond acceptors (Lipinski definition) is 4. The third-order valence-corrected chi connectivity index (χ3v) is 4.22. The van der Waals surface area contributed by atoms with E-state index in [4.69, 9.17) is 4.74 Å². The van der Waals surface area contributed by atoms with Crippen molar-refractivity contribution in [2.45, 2.75) is 20.3 Å². The molecular weight excluding hydrogens is 332 g/mol. The van der Waals surface area contributed by atoms with E-state index >= 15 is 0 Å². The third-order valence-electron chi connectivity index (χ3n) is 4.22. The number of amides is 3. The van der Waals surface area contributed by atoms with Crippen LogP contribution in [-0.4, -0.2) is 35.9 Å². The zero-order chi connectivity index (χ0) is 18.7. The first kappa shape index (κ1) is 17.7. The fourth-order valence-electron chi connectivity index (χ4n) is 2.89. The van der Waals surface area contributed by atoms with Crippen molar-refractivity contribution in [3.8, 4) is 5.75 Å². The van der Waals surface area contributed by atoms with E-state index in [1.165, 1.54) is 4.90 Å². The lowest BCUT2D eigenvalue weighted by Gasteiger charge is -2.27. The highest BCUT2D eigenvalue weighted by atomic mass is 16.5. The SMILES string of the molecule is CCOc1ccc(N(CN2C(=O)c3ccccc3C2=O)C(=O)CC)cc1. The van der Waals surface area contributed by atoms with E-state index in [0.717, 1.165) is 4.90 Å². The molecule has 0 aliphatic carbocycles. The second-order valence-corrected chi connectivity index (χ2v) is 5.83. The molecule has 0 fully saturated rings. The zero-order valence-electron chi connectivity index (χ0n) is 14.8. The van der Waals surface area contributed by atoms with Gasteiger partial charge in [0.15, 0.2) is 0 Å². The van der Waals surface area contributed by atoms with Crippen LogP contribution in [0.4, 0.5) is 5.69 Å². The highest BCUT2D eigenvalue weighted by molar-refractivity contribution is 6.21. The summed E-state index contributed by atoms with van der Waals surface area (Å²) in [6.45, 7) is 4.06. The number of anilines is 1. The number of imide groups is 1. The molecule has 0 unspecified atom stereocenters. The van der Waals surface area contributed by atoms with Crippen LogP contribution >= 0.6 is 0 Å². The van der Waals surface area contributed by atoms with Gasteiger partial charge in [-0.1, -0.05) is 19.1 Å². The molecule has 1 aliphatic rings. The van der Waals surface area contributed by atoms with Crippen molar-refractivity contribution < 1.29 is 19.1 Å². The van der Waals surface area contributed by atoms with Crippen LogP contribution in [0.3, 0.4) is 0 Å². The molecule has 0 aromatic heterocycles. The van der Waals surface area contributed by atoms with Crippen LogP contribution in [0.15, 0.2) is 48.5 Å². The van der Waals surface area contributed by atoms with Gasteiger partial charge >= 0.3 is 0 Å². The first-order valence-electron chi connectivity index (χ1n) is 8.55. The summed E-state index contributed by atoms with van der Waals surface area (Å²) >= 11 is 0. The van der Waals surface area contributed by atoms with Gasteiger partial charge in [0.2, 0.25) is 5.91 Å². The van der Waals surface area contributed by atoms with E-state index < -0.39 is 0 Å². The summed E-state index contributed by atoms with van der Waals surface area (Å²) in [6.07, 6.45) is 0.260. The van der Waals surface area contributed by atoms with Crippen LogP contribution in [0.1, 0.15) is 41.0 Å². The molecule has 0 bridgehead atoms. The van der Waals surface area contributed by atoms with Crippen molar-refractivity contribution in [1.82, 2.24) is 4.90 Å². The van der Waals surface area contributed by atoms with E-state index in [1.54, 1.807) is 55.5 Å². The average molecular weight is 352 g/mol. The molecular formula is C20H20N2O4. The van der Waals surface area contributed by atoms with Gasteiger partial charge in [-0.05, 0) is 43.3 Å². The van der Waals surface area contributed by atoms with E-state index in [1.807, 2.05) is 6.92 Å². The van der Waals surface area contributed by atoms with Crippen LogP contribution in [0.25, 0.3) is 0 Å². The number of benzene rings is 2. The maximum absolute atomic E-state index is 12.6. The van der Waals surface area contributed by atoms with Crippen molar-refractivity contribution in [1.29, 1.82) is 0 Å². The lowest BCUT2D eigenvalue weighted by Crippen LogP contribution is -2.44. The van der Waals surface area contributed by atoms with Crippen molar-refractivity contribution in [3.05, 3.63) is 59.7 Å². The molecule has 6 heteroatoms. The number of carbonyl (C=O) groups excluding carboxylic acids is 3. The van der Waals surface area contributed by atoms with Crippen LogP contribution < -0.4 is 9.64 Å². The van der Waals surface area contributed by atoms with Gasteiger partial charge in [0, 0.05) is 12.1 Å². The standard InChI is InChI=1S/C20H20N2O4/c1-3-18(23)21(14-9-11-15(12-10-14)26-4-2)13-22-19(24)16-7-5-6-8-17(16)20(22)25/h5-12H,3-4,13H2,1-2H3. The fourth-order valence-corrected chi connectivity index (χ4v) is 2.89. The molecule has 0 atom stereocenters. The molecule has 1 aliphatic heterocycles. The number of fused-ring (bicyclic) bond motifs is 1. The molecule has 134 valence electrons. The lowest BCUT2D eigenvalue weighted by molar-refractivity contribution is -0.118. The van der Waals surface area contributed by atoms with Crippen LogP contribution in [0.2, 0.25) is 0 Å². The Labute approximate surface area is 152 Å². The first-order valence-corrected chi connectivity index (χ1v) is 8.55. The summed E-state index contributed by atoms with van der Waals surface area (Å²) < 4.78 is 5.42. The Morgan fingerprint density at radius 1 is 0.962 bits per heavy atom. The van der Waals surface area contributed by atoms with Crippen molar-refractivity contribution in [2.75, 3.05) is 18.2 Å². The molecule has 0 spiro atoms. The first-order chi connectivity index (χ1) is 12.6. The van der Waals surface area contributed by atoms with Crippen molar-refractivity contribution in [2.24, 2.45) is 0 Å². The molecule has 0 saturated carbocycles. The Balaban J connectivity index is 1.87. The summed E-state index contributed by atoms with van der Waals surface area (Å²) in [5, 5.41) is 0. The van der Waals surface area contributed by atoms with E-state index in [9.17, 15) is 14.4 Å². The summed E-state index contributed by atoms with van der Waals surface area (Å²) in [5.41, 5.74) is 1.35. The van der Waals surface area contributed by atoms with Crippen molar-refractivity contribution >= 4 is 23.4 Å². The fraction of sp³-hybridized carbons (Fsp3) is 0.250. The van der Waals surface area contributed by atoms with Gasteiger partial charge in [0.1, 0.15) is 12.4 Å². The van der Waals surface area contributed by atoms with E-state index in [2.05, 4.69) is 0 Å². The molecule has 0 N–H and O–H groups in total. The predicted molar refractivity (Wildman–Crippen MR) is 97.2 cm³/mol. The minimum atomic E-state index is -0.384. The van der Waals surface area contributed by atoms with E-state index in [0.29, 0.717) is 29.2 Å². The Kier molecular flexibility index (Phi) is 5.02. The third kappa shape index (κ3) is 3.18. The summed E-state index contributed by atoms with van der Waals surface area (Å²) in [4.78, 5) is 40.1. The minimum absolute atomic E-state index is 0.118. The number of hydrogen-bond donors (Lipinski definition) is 0. The zero-order valence-corrected chi connectivity index (χ0v) is 14.8. The largest absolute Gasteiger partial charge is 0.494 e. The van der Waals surface area contributed by atoms with Crippen LogP contribution in [-0.2, 0) is 4.79 Å². The second-order valence-electron chi connectivity index (χ2n) is 5.83. The van der Waals surface area contributed by atoms with Crippen molar-refractivity contribution in [3.63, 3.8) is 0 Å². The summed E-state index contributed by atoms with van der Waals surface area (Å²) in [7, 11) is 0. The molecule has 2 aromatic carbocycles. The minimum Gasteiger partial charge on any atom is -0.494 e. The Morgan fingerprint density at radius 2 is 1.54 bits per heavy atom. The Morgan fingerprint density at radius 3 is 2.04 bits per heavy atom. The van der Waals surface area contributed by atoms with Gasteiger partial charge in [-0.3, -0.25) is 24.2 Å². The number of nitrogens with zero attached hydrogens (tertiary/aromatic N) is 2. The topological polar surface area (TPSA) is 66.9 Å². The lowest BCUT2D eigenvalue weighted by atomic mass is 10.1. The molecule has 1 heterocycles. The molecule has 2 aromatic rings. The molecule has 0 radical (unpaired) electrons. The molecule has 3 amide bonds. The molecule has 26 heavy (non-hydrogen) atoms. The number of rotatable bonds is 6. The van der Waals surface area contributed by atoms with E-state index in [-0.39, 0.29) is 30.8 Å². The Bertz CT molecular complexity index is 810. The maximum Gasteiger partial charge on any atom is 0.263 e. The van der Waals surface area contributed by atoms with Gasteiger partial charge in [-0.25, -0.2) is 0 Å². The number of ether oxygens (including phenoxy) is 1. The Hall–Kier alpha value is -3.15. The summed E-state index contributed by atoms with van der Waals surface area (Å²) in [5.74, 6) is -0.248.